The highest BCUT2D eigenvalue weighted by atomic mass is 16.3. The summed E-state index contributed by atoms with van der Waals surface area (Å²) in [7, 11) is 0. The Bertz CT molecular complexity index is 116. The van der Waals surface area contributed by atoms with Crippen LogP contribution >= 0.6 is 0 Å². The molecule has 0 aliphatic rings. The molecule has 0 saturated heterocycles. The fraction of sp³-hybridized carbons (Fsp3) is 0.833. The third-order valence-corrected chi connectivity index (χ3v) is 1.32. The number of rotatable bonds is 4. The van der Waals surface area contributed by atoms with Crippen LogP contribution in [0.15, 0.2) is 0 Å². The summed E-state index contributed by atoms with van der Waals surface area (Å²) in [5, 5.41) is 9.00. The van der Waals surface area contributed by atoms with Gasteiger partial charge in [0.05, 0.1) is 0 Å². The maximum Gasteiger partial charge on any atom is 0.159 e. The van der Waals surface area contributed by atoms with Crippen LogP contribution in [-0.4, -0.2) is 29.6 Å². The molecule has 0 heterocycles. The molecule has 0 unspecified atom stereocenters. The van der Waals surface area contributed by atoms with Gasteiger partial charge in [0.1, 0.15) is 6.10 Å². The van der Waals surface area contributed by atoms with Gasteiger partial charge in [0, 0.05) is 6.04 Å². The summed E-state index contributed by atoms with van der Waals surface area (Å²) in [5.41, 5.74) is 10.5. The molecule has 0 aliphatic carbocycles. The van der Waals surface area contributed by atoms with Gasteiger partial charge in [-0.25, -0.2) is 0 Å². The van der Waals surface area contributed by atoms with E-state index >= 15 is 0 Å². The molecule has 5 N–H and O–H groups in total. The van der Waals surface area contributed by atoms with Crippen molar-refractivity contribution in [1.29, 1.82) is 0 Å². The Morgan fingerprint density at radius 3 is 2.50 bits per heavy atom. The van der Waals surface area contributed by atoms with Crippen LogP contribution in [0.4, 0.5) is 0 Å². The Labute approximate surface area is 60.2 Å². The monoisotopic (exact) mass is 146 g/mol. The van der Waals surface area contributed by atoms with Crippen LogP contribution in [0.2, 0.25) is 0 Å². The van der Waals surface area contributed by atoms with Crippen molar-refractivity contribution in [2.45, 2.75) is 25.5 Å². The maximum atomic E-state index is 10.5. The zero-order chi connectivity index (χ0) is 8.15. The fourth-order valence-electron chi connectivity index (χ4n) is 0.652. The largest absolute Gasteiger partial charge is 0.384 e. The van der Waals surface area contributed by atoms with E-state index in [0.717, 1.165) is 0 Å². The van der Waals surface area contributed by atoms with Crippen LogP contribution < -0.4 is 11.5 Å². The minimum atomic E-state index is -1.05. The van der Waals surface area contributed by atoms with Gasteiger partial charge in [-0.2, -0.15) is 0 Å². The van der Waals surface area contributed by atoms with Gasteiger partial charge in [-0.15, -0.1) is 0 Å². The lowest BCUT2D eigenvalue weighted by molar-refractivity contribution is -0.125. The molecule has 2 atom stereocenters. The van der Waals surface area contributed by atoms with Gasteiger partial charge in [0.25, 0.3) is 0 Å². The quantitative estimate of drug-likeness (QED) is 0.455. The van der Waals surface area contributed by atoms with Crippen LogP contribution in [0, 0.1) is 0 Å². The van der Waals surface area contributed by atoms with E-state index in [4.69, 9.17) is 16.6 Å². The van der Waals surface area contributed by atoms with E-state index in [1.807, 2.05) is 0 Å². The van der Waals surface area contributed by atoms with Crippen LogP contribution in [0.3, 0.4) is 0 Å². The number of hydrogen-bond donors (Lipinski definition) is 3. The number of hydrogen-bond acceptors (Lipinski definition) is 4. The lowest BCUT2D eigenvalue weighted by Gasteiger charge is -2.14. The molecule has 0 spiro atoms. The molecular formula is C6H14N2O2. The van der Waals surface area contributed by atoms with Crippen molar-refractivity contribution in [2.24, 2.45) is 11.5 Å². The van der Waals surface area contributed by atoms with Gasteiger partial charge in [-0.1, -0.05) is 0 Å². The predicted octanol–water partition coefficient (Wildman–Crippen LogP) is -1.39. The second kappa shape index (κ2) is 4.38. The van der Waals surface area contributed by atoms with E-state index in [0.29, 0.717) is 13.0 Å². The van der Waals surface area contributed by atoms with Gasteiger partial charge in [0.15, 0.2) is 5.78 Å². The molecule has 0 radical (unpaired) electrons. The van der Waals surface area contributed by atoms with Crippen molar-refractivity contribution in [1.82, 2.24) is 0 Å². The lowest BCUT2D eigenvalue weighted by atomic mass is 10.1. The van der Waals surface area contributed by atoms with Crippen LogP contribution in [0.5, 0.6) is 0 Å². The highest BCUT2D eigenvalue weighted by Gasteiger charge is 2.17. The Balaban J connectivity index is 3.69. The maximum absolute atomic E-state index is 10.5. The summed E-state index contributed by atoms with van der Waals surface area (Å²) in [4.78, 5) is 10.5. The van der Waals surface area contributed by atoms with Gasteiger partial charge >= 0.3 is 0 Å². The third kappa shape index (κ3) is 2.91. The number of Topliss-reactive ketones (excluding diaryl/α,β-unsaturated/α-hetero) is 1. The predicted molar refractivity (Wildman–Crippen MR) is 38.3 cm³/mol. The summed E-state index contributed by atoms with van der Waals surface area (Å²) < 4.78 is 0. The van der Waals surface area contributed by atoms with Crippen molar-refractivity contribution in [2.75, 3.05) is 6.54 Å². The average Bonchev–Trinajstić information content (AvgIpc) is 1.87. The molecule has 0 amide bonds. The second-order valence-electron chi connectivity index (χ2n) is 2.30. The normalized spacial score (nSPS) is 16.4. The first-order chi connectivity index (χ1) is 4.59. The summed E-state index contributed by atoms with van der Waals surface area (Å²) in [6, 6.07) is -0.512. The number of carbonyl (C=O) groups is 1. The smallest absolute Gasteiger partial charge is 0.159 e. The van der Waals surface area contributed by atoms with Crippen LogP contribution in [-0.2, 0) is 4.79 Å². The molecule has 0 fully saturated rings. The second-order valence-corrected chi connectivity index (χ2v) is 2.30. The van der Waals surface area contributed by atoms with Crippen molar-refractivity contribution >= 4 is 5.78 Å². The SMILES string of the molecule is CC(=O)[C@@H](O)[C@H](N)CCN. The molecule has 0 bridgehead atoms. The Morgan fingerprint density at radius 2 is 2.20 bits per heavy atom. The Hall–Kier alpha value is -0.450. The molecular weight excluding hydrogens is 132 g/mol. The third-order valence-electron chi connectivity index (χ3n) is 1.32. The number of aliphatic hydroxyl groups is 1. The van der Waals surface area contributed by atoms with E-state index in [1.165, 1.54) is 6.92 Å². The summed E-state index contributed by atoms with van der Waals surface area (Å²) in [6.45, 7) is 1.70. The Morgan fingerprint density at radius 1 is 1.70 bits per heavy atom. The van der Waals surface area contributed by atoms with E-state index in [9.17, 15) is 4.79 Å². The van der Waals surface area contributed by atoms with Gasteiger partial charge in [-0.3, -0.25) is 4.79 Å². The van der Waals surface area contributed by atoms with Gasteiger partial charge < -0.3 is 16.6 Å². The van der Waals surface area contributed by atoms with Crippen molar-refractivity contribution < 1.29 is 9.90 Å². The molecule has 0 aromatic carbocycles. The summed E-state index contributed by atoms with van der Waals surface area (Å²) in [6.07, 6.45) is -0.579. The van der Waals surface area contributed by atoms with E-state index in [2.05, 4.69) is 0 Å². The first-order valence-electron chi connectivity index (χ1n) is 3.23. The minimum absolute atomic E-state index is 0.305. The fourth-order valence-corrected chi connectivity index (χ4v) is 0.652. The molecule has 4 heteroatoms. The molecule has 4 nitrogen and oxygen atoms in total. The highest BCUT2D eigenvalue weighted by molar-refractivity contribution is 5.80. The molecule has 60 valence electrons. The minimum Gasteiger partial charge on any atom is -0.384 e. The highest BCUT2D eigenvalue weighted by Crippen LogP contribution is 1.95. The van der Waals surface area contributed by atoms with Crippen molar-refractivity contribution in [3.8, 4) is 0 Å². The van der Waals surface area contributed by atoms with Crippen molar-refractivity contribution in [3.05, 3.63) is 0 Å². The van der Waals surface area contributed by atoms with E-state index in [-0.39, 0.29) is 5.78 Å². The zero-order valence-electron chi connectivity index (χ0n) is 6.08. The van der Waals surface area contributed by atoms with E-state index in [1.54, 1.807) is 0 Å². The van der Waals surface area contributed by atoms with Crippen LogP contribution in [0.25, 0.3) is 0 Å². The van der Waals surface area contributed by atoms with Crippen molar-refractivity contribution in [3.63, 3.8) is 0 Å². The number of aliphatic hydroxyl groups excluding tert-OH is 1. The molecule has 10 heavy (non-hydrogen) atoms. The molecule has 0 aliphatic heterocycles. The number of nitrogens with two attached hydrogens (primary N) is 2. The lowest BCUT2D eigenvalue weighted by Crippen LogP contribution is -2.40. The standard InChI is InChI=1S/C6H14N2O2/c1-4(9)6(10)5(8)2-3-7/h5-6,10H,2-3,7-8H2,1H3/t5-,6-/m1/s1. The van der Waals surface area contributed by atoms with E-state index < -0.39 is 12.1 Å². The topological polar surface area (TPSA) is 89.3 Å². The summed E-state index contributed by atoms with van der Waals surface area (Å²) in [5.74, 6) is -0.305. The van der Waals surface area contributed by atoms with Gasteiger partial charge in [0.2, 0.25) is 0 Å². The number of ketones is 1. The molecule has 0 aromatic rings. The summed E-state index contributed by atoms with van der Waals surface area (Å²) >= 11 is 0. The zero-order valence-corrected chi connectivity index (χ0v) is 6.08. The van der Waals surface area contributed by atoms with Gasteiger partial charge in [-0.05, 0) is 19.9 Å². The first-order valence-corrected chi connectivity index (χ1v) is 3.23. The molecule has 0 saturated carbocycles. The average molecular weight is 146 g/mol. The molecule has 0 aromatic heterocycles. The molecule has 0 rings (SSSR count). The first kappa shape index (κ1) is 9.55. The Kier molecular flexibility index (Phi) is 4.18. The van der Waals surface area contributed by atoms with Crippen LogP contribution in [0.1, 0.15) is 13.3 Å². The number of carbonyl (C=O) groups excluding carboxylic acids is 1.